The van der Waals surface area contributed by atoms with E-state index in [9.17, 15) is 5.11 Å². The fourth-order valence-electron chi connectivity index (χ4n) is 1.75. The van der Waals surface area contributed by atoms with Crippen molar-refractivity contribution in [1.29, 1.82) is 5.26 Å². The molecule has 96 valence electrons. The Bertz CT molecular complexity index is 575. The zero-order chi connectivity index (χ0) is 13.7. The van der Waals surface area contributed by atoms with Crippen LogP contribution in [0.1, 0.15) is 18.6 Å². The molecule has 0 spiro atoms. The van der Waals surface area contributed by atoms with Gasteiger partial charge in [0.25, 0.3) is 0 Å². The highest BCUT2D eigenvalue weighted by Crippen LogP contribution is 2.27. The van der Waals surface area contributed by atoms with Gasteiger partial charge in [0.2, 0.25) is 0 Å². The lowest BCUT2D eigenvalue weighted by molar-refractivity contribution is 0.142. The second-order valence-corrected chi connectivity index (χ2v) is 4.35. The smallest absolute Gasteiger partial charge is 0.127 e. The molecule has 2 aromatic rings. The summed E-state index contributed by atoms with van der Waals surface area (Å²) in [4.78, 5) is 0. The van der Waals surface area contributed by atoms with Gasteiger partial charge < -0.3 is 9.84 Å². The predicted octanol–water partition coefficient (Wildman–Crippen LogP) is 3.67. The monoisotopic (exact) mass is 253 g/mol. The van der Waals surface area contributed by atoms with E-state index in [2.05, 4.69) is 0 Å². The number of nitrogens with zero attached hydrogens (tertiary/aromatic N) is 1. The minimum atomic E-state index is -0.802. The number of rotatable bonds is 4. The van der Waals surface area contributed by atoms with E-state index in [1.54, 1.807) is 25.1 Å². The molecule has 2 rings (SSSR count). The van der Waals surface area contributed by atoms with Crippen molar-refractivity contribution >= 4 is 0 Å². The normalized spacial score (nSPS) is 13.3. The fourth-order valence-corrected chi connectivity index (χ4v) is 1.75. The van der Waals surface area contributed by atoms with E-state index in [1.807, 2.05) is 42.5 Å². The average molecular weight is 253 g/mol. The van der Waals surface area contributed by atoms with E-state index in [0.717, 1.165) is 5.75 Å². The van der Waals surface area contributed by atoms with Crippen molar-refractivity contribution in [2.45, 2.75) is 13.0 Å². The molecular formula is C16H15NO2. The number of nitriles is 1. The molecule has 0 amide bonds. The van der Waals surface area contributed by atoms with Gasteiger partial charge in [-0.05, 0) is 36.8 Å². The minimum Gasteiger partial charge on any atom is -0.457 e. The van der Waals surface area contributed by atoms with Crippen molar-refractivity contribution in [3.05, 3.63) is 60.2 Å². The summed E-state index contributed by atoms with van der Waals surface area (Å²) in [5.41, 5.74) is 0.683. The van der Waals surface area contributed by atoms with Crippen LogP contribution in [0, 0.1) is 17.2 Å². The molecule has 3 heteroatoms. The van der Waals surface area contributed by atoms with Crippen LogP contribution >= 0.6 is 0 Å². The van der Waals surface area contributed by atoms with Gasteiger partial charge in [-0.25, -0.2) is 0 Å². The maximum atomic E-state index is 10.0. The summed E-state index contributed by atoms with van der Waals surface area (Å²) in [5.74, 6) is 0.933. The fraction of sp³-hybridized carbons (Fsp3) is 0.188. The number of para-hydroxylation sites is 1. The summed E-state index contributed by atoms with van der Waals surface area (Å²) in [7, 11) is 0. The first-order chi connectivity index (χ1) is 9.20. The van der Waals surface area contributed by atoms with Crippen molar-refractivity contribution < 1.29 is 9.84 Å². The van der Waals surface area contributed by atoms with Gasteiger partial charge in [-0.1, -0.05) is 30.3 Å². The van der Waals surface area contributed by atoms with Gasteiger partial charge >= 0.3 is 0 Å². The molecule has 0 radical (unpaired) electrons. The Morgan fingerprint density at radius 1 is 1.05 bits per heavy atom. The van der Waals surface area contributed by atoms with Crippen LogP contribution in [0.15, 0.2) is 54.6 Å². The van der Waals surface area contributed by atoms with Gasteiger partial charge in [0.15, 0.2) is 0 Å². The largest absolute Gasteiger partial charge is 0.457 e. The lowest BCUT2D eigenvalue weighted by atomic mass is 9.99. The quantitative estimate of drug-likeness (QED) is 0.904. The van der Waals surface area contributed by atoms with Crippen LogP contribution in [0.2, 0.25) is 0 Å². The van der Waals surface area contributed by atoms with Crippen LogP contribution in [0.25, 0.3) is 0 Å². The van der Waals surface area contributed by atoms with Crippen LogP contribution in [0.5, 0.6) is 11.5 Å². The molecule has 19 heavy (non-hydrogen) atoms. The Kier molecular flexibility index (Phi) is 4.17. The van der Waals surface area contributed by atoms with Crippen molar-refractivity contribution in [3.8, 4) is 17.6 Å². The molecule has 0 aliphatic rings. The molecule has 0 aliphatic heterocycles. The van der Waals surface area contributed by atoms with Gasteiger partial charge in [-0.2, -0.15) is 5.26 Å². The second kappa shape index (κ2) is 6.03. The molecule has 2 aromatic carbocycles. The van der Waals surface area contributed by atoms with Gasteiger partial charge in [0.05, 0.1) is 18.1 Å². The third-order valence-electron chi connectivity index (χ3n) is 2.86. The first-order valence-corrected chi connectivity index (χ1v) is 6.11. The van der Waals surface area contributed by atoms with Crippen LogP contribution < -0.4 is 4.74 Å². The molecule has 0 bridgehead atoms. The highest BCUT2D eigenvalue weighted by Gasteiger charge is 2.16. The van der Waals surface area contributed by atoms with Crippen molar-refractivity contribution in [2.75, 3.05) is 0 Å². The van der Waals surface area contributed by atoms with Crippen LogP contribution in [0.3, 0.4) is 0 Å². The van der Waals surface area contributed by atoms with Crippen LogP contribution in [-0.2, 0) is 0 Å². The molecule has 0 aliphatic carbocycles. The highest BCUT2D eigenvalue weighted by atomic mass is 16.5. The zero-order valence-corrected chi connectivity index (χ0v) is 10.7. The molecule has 0 fully saturated rings. The first kappa shape index (κ1) is 13.1. The molecule has 2 atom stereocenters. The number of aliphatic hydroxyl groups excluding tert-OH is 1. The van der Waals surface area contributed by atoms with Gasteiger partial charge in [-0.15, -0.1) is 0 Å². The van der Waals surface area contributed by atoms with Gasteiger partial charge in [0.1, 0.15) is 11.5 Å². The standard InChI is InChI=1S/C16H15NO2/c1-12(11-17)16(18)13-6-5-9-15(10-13)19-14-7-3-2-4-8-14/h2-10,12,16,18H,1H3. The molecule has 3 nitrogen and oxygen atoms in total. The molecule has 0 saturated heterocycles. The Balaban J connectivity index is 2.18. The average Bonchev–Trinajstić information content (AvgIpc) is 2.47. The Labute approximate surface area is 112 Å². The molecule has 2 unspecified atom stereocenters. The van der Waals surface area contributed by atoms with E-state index in [0.29, 0.717) is 11.3 Å². The van der Waals surface area contributed by atoms with Crippen LogP contribution in [-0.4, -0.2) is 5.11 Å². The lowest BCUT2D eigenvalue weighted by Gasteiger charge is -2.14. The van der Waals surface area contributed by atoms with Crippen LogP contribution in [0.4, 0.5) is 0 Å². The summed E-state index contributed by atoms with van der Waals surface area (Å²) in [5, 5.41) is 18.8. The third kappa shape index (κ3) is 3.34. The zero-order valence-electron chi connectivity index (χ0n) is 10.7. The van der Waals surface area contributed by atoms with Crippen molar-refractivity contribution in [3.63, 3.8) is 0 Å². The van der Waals surface area contributed by atoms with E-state index in [1.165, 1.54) is 0 Å². The Morgan fingerprint density at radius 3 is 2.42 bits per heavy atom. The number of ether oxygens (including phenoxy) is 1. The molecule has 0 aromatic heterocycles. The first-order valence-electron chi connectivity index (χ1n) is 6.11. The summed E-state index contributed by atoms with van der Waals surface area (Å²) >= 11 is 0. The van der Waals surface area contributed by atoms with E-state index in [4.69, 9.17) is 10.00 Å². The van der Waals surface area contributed by atoms with Crippen molar-refractivity contribution in [1.82, 2.24) is 0 Å². The Hall–Kier alpha value is -2.31. The van der Waals surface area contributed by atoms with E-state index >= 15 is 0 Å². The van der Waals surface area contributed by atoms with Gasteiger partial charge in [-0.3, -0.25) is 0 Å². The Morgan fingerprint density at radius 2 is 1.74 bits per heavy atom. The third-order valence-corrected chi connectivity index (χ3v) is 2.86. The van der Waals surface area contributed by atoms with E-state index in [-0.39, 0.29) is 0 Å². The SMILES string of the molecule is CC(C#N)C(O)c1cccc(Oc2ccccc2)c1. The molecule has 1 N–H and O–H groups in total. The maximum Gasteiger partial charge on any atom is 0.127 e. The predicted molar refractivity (Wildman–Crippen MR) is 72.7 cm³/mol. The summed E-state index contributed by atoms with van der Waals surface area (Å²) in [6, 6.07) is 18.6. The highest BCUT2D eigenvalue weighted by molar-refractivity contribution is 5.35. The molecule has 0 saturated carbocycles. The van der Waals surface area contributed by atoms with E-state index < -0.39 is 12.0 Å². The topological polar surface area (TPSA) is 53.2 Å². The second-order valence-electron chi connectivity index (χ2n) is 4.35. The summed E-state index contributed by atoms with van der Waals surface area (Å²) in [6.45, 7) is 1.69. The number of hydrogen-bond acceptors (Lipinski definition) is 3. The maximum absolute atomic E-state index is 10.0. The van der Waals surface area contributed by atoms with Gasteiger partial charge in [0, 0.05) is 0 Å². The lowest BCUT2D eigenvalue weighted by Crippen LogP contribution is -2.06. The van der Waals surface area contributed by atoms with Crippen molar-refractivity contribution in [2.24, 2.45) is 5.92 Å². The minimum absolute atomic E-state index is 0.452. The number of aliphatic hydroxyl groups is 1. The molecule has 0 heterocycles. The summed E-state index contributed by atoms with van der Waals surface area (Å²) < 4.78 is 5.69. The number of benzene rings is 2. The molecular weight excluding hydrogens is 238 g/mol. The number of hydrogen-bond donors (Lipinski definition) is 1. The summed E-state index contributed by atoms with van der Waals surface area (Å²) in [6.07, 6.45) is -0.802.